The van der Waals surface area contributed by atoms with Gasteiger partial charge in [0.1, 0.15) is 12.2 Å². The molecule has 0 radical (unpaired) electrons. The molecular weight excluding hydrogens is 236 g/mol. The van der Waals surface area contributed by atoms with Gasteiger partial charge in [-0.05, 0) is 29.8 Å². The number of aromatic amines is 1. The normalized spacial score (nSPS) is 12.7. The zero-order valence-electron chi connectivity index (χ0n) is 10.8. The van der Waals surface area contributed by atoms with Crippen molar-refractivity contribution in [3.05, 3.63) is 60.2 Å². The van der Waals surface area contributed by atoms with E-state index in [-0.39, 0.29) is 6.04 Å². The molecule has 3 rings (SSSR count). The first-order valence-corrected chi connectivity index (χ1v) is 6.37. The number of nitrogens with one attached hydrogen (secondary N) is 2. The van der Waals surface area contributed by atoms with Crippen LogP contribution in [0, 0.1) is 0 Å². The zero-order chi connectivity index (χ0) is 13.1. The number of H-pyrrole nitrogens is 1. The largest absolute Gasteiger partial charge is 0.310 e. The molecule has 1 atom stereocenters. The molecule has 4 nitrogen and oxygen atoms in total. The van der Waals surface area contributed by atoms with Gasteiger partial charge in [-0.25, -0.2) is 4.98 Å². The maximum atomic E-state index is 4.23. The van der Waals surface area contributed by atoms with Crippen LogP contribution in [0.25, 0.3) is 10.8 Å². The van der Waals surface area contributed by atoms with Crippen molar-refractivity contribution in [1.82, 2.24) is 20.5 Å². The molecule has 4 heteroatoms. The van der Waals surface area contributed by atoms with E-state index in [1.54, 1.807) is 6.33 Å². The molecular formula is C15H16N4. The van der Waals surface area contributed by atoms with E-state index in [4.69, 9.17) is 0 Å². The molecule has 96 valence electrons. The number of fused-ring (bicyclic) bond motifs is 1. The van der Waals surface area contributed by atoms with E-state index in [0.717, 1.165) is 12.2 Å². The Balaban J connectivity index is 1.96. The molecule has 1 unspecified atom stereocenters. The summed E-state index contributed by atoms with van der Waals surface area (Å²) in [6, 6.07) is 15.0. The summed E-state index contributed by atoms with van der Waals surface area (Å²) in [6.45, 7) is 0. The minimum atomic E-state index is 0.147. The van der Waals surface area contributed by atoms with Gasteiger partial charge in [-0.3, -0.25) is 5.10 Å². The van der Waals surface area contributed by atoms with Crippen LogP contribution < -0.4 is 5.32 Å². The second kappa shape index (κ2) is 5.20. The molecule has 2 aromatic carbocycles. The SMILES string of the molecule is CNC(Cc1cccc2ccccc12)c1ncn[nH]1. The highest BCUT2D eigenvalue weighted by Gasteiger charge is 2.14. The molecule has 0 saturated heterocycles. The lowest BCUT2D eigenvalue weighted by atomic mass is 9.98. The number of rotatable bonds is 4. The van der Waals surface area contributed by atoms with Crippen molar-refractivity contribution in [2.24, 2.45) is 0 Å². The van der Waals surface area contributed by atoms with Gasteiger partial charge in [-0.2, -0.15) is 5.10 Å². The topological polar surface area (TPSA) is 53.6 Å². The third kappa shape index (κ3) is 2.35. The van der Waals surface area contributed by atoms with Gasteiger partial charge in [0.25, 0.3) is 0 Å². The maximum Gasteiger partial charge on any atom is 0.141 e. The molecule has 0 bridgehead atoms. The van der Waals surface area contributed by atoms with E-state index in [1.165, 1.54) is 16.3 Å². The van der Waals surface area contributed by atoms with Gasteiger partial charge in [0.15, 0.2) is 0 Å². The van der Waals surface area contributed by atoms with Crippen LogP contribution in [-0.4, -0.2) is 22.2 Å². The predicted molar refractivity (Wildman–Crippen MR) is 75.8 cm³/mol. The Hall–Kier alpha value is -2.20. The molecule has 0 aliphatic heterocycles. The summed E-state index contributed by atoms with van der Waals surface area (Å²) in [6.07, 6.45) is 2.43. The second-order valence-corrected chi connectivity index (χ2v) is 4.55. The lowest BCUT2D eigenvalue weighted by Gasteiger charge is -2.14. The highest BCUT2D eigenvalue weighted by atomic mass is 15.2. The van der Waals surface area contributed by atoms with Gasteiger partial charge >= 0.3 is 0 Å². The number of hydrogen-bond acceptors (Lipinski definition) is 3. The van der Waals surface area contributed by atoms with Crippen LogP contribution in [-0.2, 0) is 6.42 Å². The number of benzene rings is 2. The van der Waals surface area contributed by atoms with Crippen molar-refractivity contribution in [3.8, 4) is 0 Å². The highest BCUT2D eigenvalue weighted by molar-refractivity contribution is 5.85. The average molecular weight is 252 g/mol. The average Bonchev–Trinajstić information content (AvgIpc) is 2.99. The van der Waals surface area contributed by atoms with E-state index in [2.05, 4.69) is 63.0 Å². The van der Waals surface area contributed by atoms with E-state index < -0.39 is 0 Å². The van der Waals surface area contributed by atoms with Crippen molar-refractivity contribution in [1.29, 1.82) is 0 Å². The van der Waals surface area contributed by atoms with Crippen LogP contribution in [0.15, 0.2) is 48.8 Å². The summed E-state index contributed by atoms with van der Waals surface area (Å²) in [4.78, 5) is 4.23. The van der Waals surface area contributed by atoms with Crippen LogP contribution >= 0.6 is 0 Å². The predicted octanol–water partition coefficient (Wildman–Crippen LogP) is 2.46. The van der Waals surface area contributed by atoms with Gasteiger partial charge in [0.05, 0.1) is 6.04 Å². The third-order valence-electron chi connectivity index (χ3n) is 3.42. The van der Waals surface area contributed by atoms with Crippen molar-refractivity contribution < 1.29 is 0 Å². The van der Waals surface area contributed by atoms with Gasteiger partial charge < -0.3 is 5.32 Å². The Labute approximate surface area is 111 Å². The Morgan fingerprint density at radius 2 is 2.00 bits per heavy atom. The molecule has 3 aromatic rings. The van der Waals surface area contributed by atoms with Crippen molar-refractivity contribution in [2.75, 3.05) is 7.05 Å². The molecule has 0 fully saturated rings. The number of likely N-dealkylation sites (N-methyl/N-ethyl adjacent to an activating group) is 1. The first-order chi connectivity index (χ1) is 9.38. The van der Waals surface area contributed by atoms with Crippen LogP contribution in [0.1, 0.15) is 17.4 Å². The van der Waals surface area contributed by atoms with Gasteiger partial charge in [0.2, 0.25) is 0 Å². The minimum Gasteiger partial charge on any atom is -0.310 e. The smallest absolute Gasteiger partial charge is 0.141 e. The van der Waals surface area contributed by atoms with Crippen LogP contribution in [0.2, 0.25) is 0 Å². The summed E-state index contributed by atoms with van der Waals surface area (Å²) in [7, 11) is 1.94. The van der Waals surface area contributed by atoms with E-state index in [1.807, 2.05) is 7.05 Å². The molecule has 0 aliphatic carbocycles. The molecule has 1 heterocycles. The number of aromatic nitrogens is 3. The summed E-state index contributed by atoms with van der Waals surface area (Å²) in [5, 5.41) is 12.7. The Bertz CT molecular complexity index is 655. The molecule has 1 aromatic heterocycles. The van der Waals surface area contributed by atoms with Crippen LogP contribution in [0.3, 0.4) is 0 Å². The number of hydrogen-bond donors (Lipinski definition) is 2. The third-order valence-corrected chi connectivity index (χ3v) is 3.42. The first-order valence-electron chi connectivity index (χ1n) is 6.37. The van der Waals surface area contributed by atoms with E-state index >= 15 is 0 Å². The maximum absolute atomic E-state index is 4.23. The summed E-state index contributed by atoms with van der Waals surface area (Å²) in [5.74, 6) is 0.871. The van der Waals surface area contributed by atoms with Gasteiger partial charge in [-0.15, -0.1) is 0 Å². The van der Waals surface area contributed by atoms with E-state index in [0.29, 0.717) is 0 Å². The van der Waals surface area contributed by atoms with Crippen molar-refractivity contribution >= 4 is 10.8 Å². The van der Waals surface area contributed by atoms with E-state index in [9.17, 15) is 0 Å². The first kappa shape index (κ1) is 11.9. The zero-order valence-corrected chi connectivity index (χ0v) is 10.8. The van der Waals surface area contributed by atoms with Crippen molar-refractivity contribution in [3.63, 3.8) is 0 Å². The van der Waals surface area contributed by atoms with Gasteiger partial charge in [0, 0.05) is 0 Å². The fraction of sp³-hybridized carbons (Fsp3) is 0.200. The molecule has 0 aliphatic rings. The molecule has 2 N–H and O–H groups in total. The lowest BCUT2D eigenvalue weighted by Crippen LogP contribution is -2.20. The molecule has 19 heavy (non-hydrogen) atoms. The fourth-order valence-corrected chi connectivity index (χ4v) is 2.41. The minimum absolute atomic E-state index is 0.147. The van der Waals surface area contributed by atoms with Crippen LogP contribution in [0.4, 0.5) is 0 Å². The van der Waals surface area contributed by atoms with Crippen molar-refractivity contribution in [2.45, 2.75) is 12.5 Å². The lowest BCUT2D eigenvalue weighted by molar-refractivity contribution is 0.561. The highest BCUT2D eigenvalue weighted by Crippen LogP contribution is 2.22. The fourth-order valence-electron chi connectivity index (χ4n) is 2.41. The standard InChI is InChI=1S/C15H16N4/c1-16-14(15-17-10-18-19-15)9-12-7-4-6-11-5-2-3-8-13(11)12/h2-8,10,14,16H,9H2,1H3,(H,17,18,19). The van der Waals surface area contributed by atoms with Crippen LogP contribution in [0.5, 0.6) is 0 Å². The Kier molecular flexibility index (Phi) is 3.25. The Morgan fingerprint density at radius 3 is 2.79 bits per heavy atom. The molecule has 0 spiro atoms. The summed E-state index contributed by atoms with van der Waals surface area (Å²) in [5.41, 5.74) is 1.31. The monoisotopic (exact) mass is 252 g/mol. The molecule has 0 saturated carbocycles. The quantitative estimate of drug-likeness (QED) is 0.750. The number of nitrogens with zero attached hydrogens (tertiary/aromatic N) is 2. The Morgan fingerprint density at radius 1 is 1.16 bits per heavy atom. The van der Waals surface area contributed by atoms with Gasteiger partial charge in [-0.1, -0.05) is 42.5 Å². The molecule has 0 amide bonds. The summed E-state index contributed by atoms with van der Waals surface area (Å²) >= 11 is 0. The summed E-state index contributed by atoms with van der Waals surface area (Å²) < 4.78 is 0. The second-order valence-electron chi connectivity index (χ2n) is 4.55.